The van der Waals surface area contributed by atoms with Crippen LogP contribution >= 0.6 is 39.9 Å². The van der Waals surface area contributed by atoms with E-state index in [0.717, 1.165) is 21.2 Å². The summed E-state index contributed by atoms with van der Waals surface area (Å²) in [6.07, 6.45) is 0. The number of thiocarbonyl (C=S) groups is 1. The van der Waals surface area contributed by atoms with Crippen LogP contribution in [0.3, 0.4) is 0 Å². The predicted molar refractivity (Wildman–Crippen MR) is 104 cm³/mol. The fraction of sp³-hybridized carbons (Fsp3) is 0.0625. The highest BCUT2D eigenvalue weighted by molar-refractivity contribution is 9.10. The molecule has 24 heavy (non-hydrogen) atoms. The summed E-state index contributed by atoms with van der Waals surface area (Å²) in [5, 5.41) is 6.73. The van der Waals surface area contributed by atoms with E-state index in [1.165, 1.54) is 11.8 Å². The smallest absolute Gasteiger partial charge is 0.266 e. The van der Waals surface area contributed by atoms with Gasteiger partial charge in [0.1, 0.15) is 0 Å². The summed E-state index contributed by atoms with van der Waals surface area (Å²) in [7, 11) is 0. The van der Waals surface area contributed by atoms with Gasteiger partial charge in [0.2, 0.25) is 0 Å². The van der Waals surface area contributed by atoms with E-state index in [9.17, 15) is 4.79 Å². The molecule has 1 aliphatic rings. The molecule has 120 valence electrons. The lowest BCUT2D eigenvalue weighted by molar-refractivity contribution is 0.0910. The summed E-state index contributed by atoms with van der Waals surface area (Å²) in [5.74, 6) is -0.0675. The molecule has 1 atom stereocenters. The number of benzene rings is 2. The van der Waals surface area contributed by atoms with Crippen molar-refractivity contribution in [3.63, 3.8) is 0 Å². The molecule has 5 nitrogen and oxygen atoms in total. The number of carbonyl (C=O) groups excluding carboxylic acids is 1. The van der Waals surface area contributed by atoms with E-state index in [0.29, 0.717) is 10.3 Å². The summed E-state index contributed by atoms with van der Waals surface area (Å²) >= 11 is 10.1. The van der Waals surface area contributed by atoms with Crippen LogP contribution in [-0.2, 0) is 0 Å². The fourth-order valence-electron chi connectivity index (χ4n) is 2.51. The van der Waals surface area contributed by atoms with Gasteiger partial charge in [-0.15, -0.1) is 0 Å². The predicted octanol–water partition coefficient (Wildman–Crippen LogP) is 3.86. The Morgan fingerprint density at radius 2 is 2.08 bits per heavy atom. The van der Waals surface area contributed by atoms with E-state index in [1.54, 1.807) is 4.57 Å². The average Bonchev–Trinajstić information content (AvgIpc) is 3.04. The van der Waals surface area contributed by atoms with E-state index in [2.05, 4.69) is 31.5 Å². The Labute approximate surface area is 156 Å². The van der Waals surface area contributed by atoms with Crippen molar-refractivity contribution in [3.05, 3.63) is 53.0 Å². The van der Waals surface area contributed by atoms with Gasteiger partial charge < -0.3 is 10.6 Å². The Morgan fingerprint density at radius 3 is 2.92 bits per heavy atom. The largest absolute Gasteiger partial charge is 0.342 e. The first-order chi connectivity index (χ1) is 11.6. The highest BCUT2D eigenvalue weighted by atomic mass is 79.9. The van der Waals surface area contributed by atoms with Gasteiger partial charge in [0.05, 0.1) is 11.0 Å². The lowest BCUT2D eigenvalue weighted by Gasteiger charge is -2.14. The number of fused-ring (bicyclic) bond motifs is 3. The molecule has 2 aromatic carbocycles. The topological polar surface area (TPSA) is 59.0 Å². The molecule has 0 aliphatic carbocycles. The number of thioether (sulfide) groups is 1. The first kappa shape index (κ1) is 15.6. The van der Waals surface area contributed by atoms with Gasteiger partial charge in [-0.05, 0) is 42.5 Å². The molecule has 0 fully saturated rings. The lowest BCUT2D eigenvalue weighted by Crippen LogP contribution is -2.40. The monoisotopic (exact) mass is 418 g/mol. The molecule has 1 aliphatic heterocycles. The first-order valence-electron chi connectivity index (χ1n) is 7.13. The molecule has 4 rings (SSSR count). The number of nitrogens with zero attached hydrogens (tertiary/aromatic N) is 2. The number of rotatable bonds is 2. The second-order valence-electron chi connectivity index (χ2n) is 5.16. The van der Waals surface area contributed by atoms with Crippen LogP contribution in [0.1, 0.15) is 4.79 Å². The number of hydrogen-bond donors (Lipinski definition) is 2. The van der Waals surface area contributed by atoms with Gasteiger partial charge in [-0.1, -0.05) is 45.9 Å². The Bertz CT molecular complexity index is 972. The third kappa shape index (κ3) is 2.81. The van der Waals surface area contributed by atoms with Crippen molar-refractivity contribution in [3.8, 4) is 0 Å². The van der Waals surface area contributed by atoms with Gasteiger partial charge in [0.15, 0.2) is 15.6 Å². The lowest BCUT2D eigenvalue weighted by atomic mass is 10.3. The number of carbonyl (C=O) groups is 1. The standard InChI is InChI=1S/C16H11BrN4OS2/c17-9-4-3-5-10(8-9)18-15(23)20-13-14(22)21-12-7-2-1-6-11(12)19-16(21)24-13/h1-8,13H,(H2,18,20,23). The van der Waals surface area contributed by atoms with E-state index in [1.807, 2.05) is 48.5 Å². The number of imidazole rings is 1. The van der Waals surface area contributed by atoms with Gasteiger partial charge in [0, 0.05) is 10.2 Å². The number of halogens is 1. The highest BCUT2D eigenvalue weighted by Gasteiger charge is 2.34. The molecule has 0 saturated heterocycles. The number of aromatic nitrogens is 2. The molecular weight excluding hydrogens is 408 g/mol. The first-order valence-corrected chi connectivity index (χ1v) is 9.21. The fourth-order valence-corrected chi connectivity index (χ4v) is 4.26. The van der Waals surface area contributed by atoms with E-state index in [4.69, 9.17) is 12.2 Å². The van der Waals surface area contributed by atoms with Crippen molar-refractivity contribution in [1.82, 2.24) is 14.9 Å². The third-order valence-corrected chi connectivity index (χ3v) is 5.30. The summed E-state index contributed by atoms with van der Waals surface area (Å²) < 4.78 is 2.59. The molecule has 0 bridgehead atoms. The van der Waals surface area contributed by atoms with Crippen molar-refractivity contribution in [2.75, 3.05) is 5.32 Å². The zero-order valence-electron chi connectivity index (χ0n) is 12.2. The second kappa shape index (κ2) is 6.19. The van der Waals surface area contributed by atoms with Gasteiger partial charge in [0.25, 0.3) is 5.91 Å². The van der Waals surface area contributed by atoms with Crippen LogP contribution in [0, 0.1) is 0 Å². The SMILES string of the molecule is O=C1C(NC(=S)Nc2cccc(Br)c2)Sc2nc3ccccc3n21. The summed E-state index contributed by atoms with van der Waals surface area (Å²) in [6, 6.07) is 15.3. The molecule has 0 radical (unpaired) electrons. The van der Waals surface area contributed by atoms with Crippen molar-refractivity contribution in [1.29, 1.82) is 0 Å². The van der Waals surface area contributed by atoms with Crippen LogP contribution in [0.4, 0.5) is 5.69 Å². The molecule has 1 unspecified atom stereocenters. The van der Waals surface area contributed by atoms with Gasteiger partial charge in [-0.2, -0.15) is 0 Å². The number of nitrogens with one attached hydrogen (secondary N) is 2. The molecule has 3 aromatic rings. The number of hydrogen-bond acceptors (Lipinski definition) is 4. The maximum Gasteiger partial charge on any atom is 0.266 e. The minimum Gasteiger partial charge on any atom is -0.342 e. The highest BCUT2D eigenvalue weighted by Crippen LogP contribution is 2.33. The second-order valence-corrected chi connectivity index (χ2v) is 7.56. The minimum absolute atomic E-state index is 0.0675. The maximum atomic E-state index is 12.7. The molecule has 0 spiro atoms. The quantitative estimate of drug-likeness (QED) is 0.616. The Hall–Kier alpha value is -1.90. The Balaban J connectivity index is 1.50. The van der Waals surface area contributed by atoms with Crippen molar-refractivity contribution in [2.45, 2.75) is 10.5 Å². The molecular formula is C16H11BrN4OS2. The summed E-state index contributed by atoms with van der Waals surface area (Å²) in [5.41, 5.74) is 2.49. The van der Waals surface area contributed by atoms with Crippen LogP contribution in [0.2, 0.25) is 0 Å². The average molecular weight is 419 g/mol. The third-order valence-electron chi connectivity index (χ3n) is 3.54. The van der Waals surface area contributed by atoms with E-state index >= 15 is 0 Å². The van der Waals surface area contributed by atoms with Crippen molar-refractivity contribution >= 4 is 67.7 Å². The van der Waals surface area contributed by atoms with Crippen molar-refractivity contribution in [2.24, 2.45) is 0 Å². The van der Waals surface area contributed by atoms with Crippen LogP contribution in [0.25, 0.3) is 11.0 Å². The van der Waals surface area contributed by atoms with Crippen LogP contribution < -0.4 is 10.6 Å². The number of para-hydroxylation sites is 2. The zero-order valence-corrected chi connectivity index (χ0v) is 15.4. The van der Waals surface area contributed by atoms with Gasteiger partial charge in [-0.3, -0.25) is 9.36 Å². The molecule has 8 heteroatoms. The molecule has 1 aromatic heterocycles. The minimum atomic E-state index is -0.482. The van der Waals surface area contributed by atoms with E-state index < -0.39 is 5.37 Å². The van der Waals surface area contributed by atoms with E-state index in [-0.39, 0.29) is 5.91 Å². The van der Waals surface area contributed by atoms with Crippen LogP contribution in [-0.4, -0.2) is 25.9 Å². The molecule has 0 saturated carbocycles. The normalized spacial score (nSPS) is 16.2. The van der Waals surface area contributed by atoms with Crippen LogP contribution in [0.15, 0.2) is 58.2 Å². The van der Waals surface area contributed by atoms with Gasteiger partial charge >= 0.3 is 0 Å². The Morgan fingerprint density at radius 1 is 1.25 bits per heavy atom. The Kier molecular flexibility index (Phi) is 4.03. The number of anilines is 1. The summed E-state index contributed by atoms with van der Waals surface area (Å²) in [4.78, 5) is 17.2. The van der Waals surface area contributed by atoms with Crippen LogP contribution in [0.5, 0.6) is 0 Å². The molecule has 0 amide bonds. The molecule has 2 N–H and O–H groups in total. The summed E-state index contributed by atoms with van der Waals surface area (Å²) in [6.45, 7) is 0. The van der Waals surface area contributed by atoms with Gasteiger partial charge in [-0.25, -0.2) is 4.98 Å². The zero-order chi connectivity index (χ0) is 16.7. The molecule has 2 heterocycles. The maximum absolute atomic E-state index is 12.7. The van der Waals surface area contributed by atoms with Crippen molar-refractivity contribution < 1.29 is 4.79 Å².